The molecule has 2 aromatic carbocycles. The van der Waals surface area contributed by atoms with E-state index in [0.717, 1.165) is 11.1 Å². The van der Waals surface area contributed by atoms with E-state index in [9.17, 15) is 14.4 Å². The van der Waals surface area contributed by atoms with Gasteiger partial charge < -0.3 is 20.1 Å². The fourth-order valence-corrected chi connectivity index (χ4v) is 2.39. The maximum absolute atomic E-state index is 12.0. The molecule has 0 aliphatic rings. The van der Waals surface area contributed by atoms with Gasteiger partial charge in [-0.15, -0.1) is 0 Å². The van der Waals surface area contributed by atoms with Crippen LogP contribution in [-0.4, -0.2) is 38.2 Å². The molecule has 0 aliphatic heterocycles. The first-order valence-corrected chi connectivity index (χ1v) is 8.97. The highest BCUT2D eigenvalue weighted by atomic mass is 16.5. The number of hydrogen-bond acceptors (Lipinski definition) is 5. The van der Waals surface area contributed by atoms with Crippen LogP contribution in [0.5, 0.6) is 0 Å². The summed E-state index contributed by atoms with van der Waals surface area (Å²) >= 11 is 0. The number of benzene rings is 2. The van der Waals surface area contributed by atoms with Crippen molar-refractivity contribution in [3.63, 3.8) is 0 Å². The minimum atomic E-state index is -0.467. The third-order valence-electron chi connectivity index (χ3n) is 3.95. The molecule has 7 heteroatoms. The van der Waals surface area contributed by atoms with E-state index in [-0.39, 0.29) is 31.4 Å². The molecular weight excluding hydrogens is 360 g/mol. The lowest BCUT2D eigenvalue weighted by Gasteiger charge is -2.08. The molecule has 0 saturated heterocycles. The van der Waals surface area contributed by atoms with Gasteiger partial charge in [-0.2, -0.15) is 0 Å². The molecule has 2 rings (SSSR count). The van der Waals surface area contributed by atoms with Crippen molar-refractivity contribution in [2.24, 2.45) is 0 Å². The first-order chi connectivity index (χ1) is 13.6. The molecule has 0 bridgehead atoms. The summed E-state index contributed by atoms with van der Waals surface area (Å²) in [4.78, 5) is 34.7. The highest BCUT2D eigenvalue weighted by Crippen LogP contribution is 2.05. The van der Waals surface area contributed by atoms with Gasteiger partial charge in [-0.1, -0.05) is 42.5 Å². The second-order valence-corrected chi connectivity index (χ2v) is 6.02. The Morgan fingerprint density at radius 3 is 2.25 bits per heavy atom. The molecule has 2 aromatic rings. The summed E-state index contributed by atoms with van der Waals surface area (Å²) in [6.45, 7) is 0.882. The van der Waals surface area contributed by atoms with Crippen LogP contribution < -0.4 is 10.6 Å². The van der Waals surface area contributed by atoms with E-state index in [4.69, 9.17) is 4.74 Å². The molecule has 0 spiro atoms. The Hall–Kier alpha value is -3.35. The molecule has 148 valence electrons. The highest BCUT2D eigenvalue weighted by molar-refractivity contribution is 5.94. The van der Waals surface area contributed by atoms with Crippen molar-refractivity contribution in [3.05, 3.63) is 71.3 Å². The van der Waals surface area contributed by atoms with Crippen molar-refractivity contribution in [1.82, 2.24) is 10.6 Å². The van der Waals surface area contributed by atoms with E-state index in [1.54, 1.807) is 12.1 Å². The largest absolute Gasteiger partial charge is 0.469 e. The molecule has 0 aliphatic carbocycles. The van der Waals surface area contributed by atoms with Crippen LogP contribution in [-0.2, 0) is 27.3 Å². The van der Waals surface area contributed by atoms with E-state index >= 15 is 0 Å². The molecule has 0 heterocycles. The number of esters is 1. The molecule has 0 saturated carbocycles. The summed E-state index contributed by atoms with van der Waals surface area (Å²) in [6, 6.07) is 16.5. The smallest absolute Gasteiger partial charge is 0.407 e. The number of amides is 2. The Morgan fingerprint density at radius 1 is 0.857 bits per heavy atom. The molecule has 0 fully saturated rings. The van der Waals surface area contributed by atoms with Gasteiger partial charge in [-0.3, -0.25) is 9.59 Å². The summed E-state index contributed by atoms with van der Waals surface area (Å²) in [7, 11) is 1.31. The number of carbonyl (C=O) groups is 3. The Balaban J connectivity index is 1.67. The normalized spacial score (nSPS) is 10.0. The summed E-state index contributed by atoms with van der Waals surface area (Å²) in [6.07, 6.45) is 0.280. The van der Waals surface area contributed by atoms with Crippen LogP contribution in [0, 0.1) is 0 Å². The number of alkyl carbamates (subject to hydrolysis) is 1. The monoisotopic (exact) mass is 384 g/mol. The van der Waals surface area contributed by atoms with E-state index in [2.05, 4.69) is 15.4 Å². The standard InChI is InChI=1S/C21H24N2O5/c1-27-19(24)12-14-22-20(25)18-9-7-16(8-10-18)11-13-23-21(26)28-15-17-5-3-2-4-6-17/h2-10H,11-15H2,1H3,(H,22,25)(H,23,26). The van der Waals surface area contributed by atoms with E-state index < -0.39 is 6.09 Å². The number of hydrogen-bond donors (Lipinski definition) is 2. The van der Waals surface area contributed by atoms with Gasteiger partial charge in [0.15, 0.2) is 0 Å². The lowest BCUT2D eigenvalue weighted by molar-refractivity contribution is -0.140. The van der Waals surface area contributed by atoms with Gasteiger partial charge in [0.05, 0.1) is 13.5 Å². The number of ether oxygens (including phenoxy) is 2. The van der Waals surface area contributed by atoms with Gasteiger partial charge in [-0.25, -0.2) is 4.79 Å². The zero-order valence-corrected chi connectivity index (χ0v) is 15.8. The predicted octanol–water partition coefficient (Wildman–Crippen LogP) is 2.45. The van der Waals surface area contributed by atoms with E-state index in [1.165, 1.54) is 7.11 Å². The predicted molar refractivity (Wildman–Crippen MR) is 104 cm³/mol. The van der Waals surface area contributed by atoms with Crippen LogP contribution in [0.3, 0.4) is 0 Å². The fourth-order valence-electron chi connectivity index (χ4n) is 2.39. The molecule has 0 radical (unpaired) electrons. The van der Waals surface area contributed by atoms with Gasteiger partial charge >= 0.3 is 12.1 Å². The van der Waals surface area contributed by atoms with Gasteiger partial charge in [-0.05, 0) is 29.7 Å². The van der Waals surface area contributed by atoms with Gasteiger partial charge in [0.1, 0.15) is 6.61 Å². The lowest BCUT2D eigenvalue weighted by atomic mass is 10.1. The first-order valence-electron chi connectivity index (χ1n) is 8.97. The zero-order chi connectivity index (χ0) is 20.2. The zero-order valence-electron chi connectivity index (χ0n) is 15.8. The van der Waals surface area contributed by atoms with Crippen molar-refractivity contribution >= 4 is 18.0 Å². The topological polar surface area (TPSA) is 93.7 Å². The highest BCUT2D eigenvalue weighted by Gasteiger charge is 2.07. The van der Waals surface area contributed by atoms with Crippen molar-refractivity contribution < 1.29 is 23.9 Å². The molecule has 0 unspecified atom stereocenters. The molecule has 0 aromatic heterocycles. The Labute approximate surface area is 164 Å². The molecular formula is C21H24N2O5. The lowest BCUT2D eigenvalue weighted by Crippen LogP contribution is -2.27. The minimum absolute atomic E-state index is 0.131. The number of nitrogens with one attached hydrogen (secondary N) is 2. The first kappa shape index (κ1) is 21.0. The Kier molecular flexibility index (Phi) is 8.52. The van der Waals surface area contributed by atoms with Gasteiger partial charge in [0.25, 0.3) is 5.91 Å². The molecule has 0 atom stereocenters. The number of rotatable bonds is 9. The average molecular weight is 384 g/mol. The SMILES string of the molecule is COC(=O)CCNC(=O)c1ccc(CCNC(=O)OCc2ccccc2)cc1. The summed E-state index contributed by atoms with van der Waals surface area (Å²) in [5.74, 6) is -0.622. The second kappa shape index (κ2) is 11.4. The third kappa shape index (κ3) is 7.49. The van der Waals surface area contributed by atoms with Crippen molar-refractivity contribution in [1.29, 1.82) is 0 Å². The van der Waals surface area contributed by atoms with Crippen molar-refractivity contribution in [2.75, 3.05) is 20.2 Å². The van der Waals surface area contributed by atoms with Crippen LogP contribution >= 0.6 is 0 Å². The van der Waals surface area contributed by atoms with Crippen LogP contribution in [0.2, 0.25) is 0 Å². The van der Waals surface area contributed by atoms with Crippen LogP contribution in [0.15, 0.2) is 54.6 Å². The number of methoxy groups -OCH3 is 1. The Bertz CT molecular complexity index is 775. The minimum Gasteiger partial charge on any atom is -0.469 e. The van der Waals surface area contributed by atoms with Crippen LogP contribution in [0.1, 0.15) is 27.9 Å². The van der Waals surface area contributed by atoms with Crippen molar-refractivity contribution in [2.45, 2.75) is 19.4 Å². The molecule has 2 N–H and O–H groups in total. The van der Waals surface area contributed by atoms with E-state index in [0.29, 0.717) is 18.5 Å². The van der Waals surface area contributed by atoms with Gasteiger partial charge in [0, 0.05) is 18.7 Å². The van der Waals surface area contributed by atoms with Crippen molar-refractivity contribution in [3.8, 4) is 0 Å². The third-order valence-corrected chi connectivity index (χ3v) is 3.95. The average Bonchev–Trinajstić information content (AvgIpc) is 2.73. The second-order valence-electron chi connectivity index (χ2n) is 6.02. The quantitative estimate of drug-likeness (QED) is 0.648. The Morgan fingerprint density at radius 2 is 1.57 bits per heavy atom. The van der Waals surface area contributed by atoms with Crippen LogP contribution in [0.4, 0.5) is 4.79 Å². The number of carbonyl (C=O) groups excluding carboxylic acids is 3. The van der Waals surface area contributed by atoms with Crippen LogP contribution in [0.25, 0.3) is 0 Å². The maximum Gasteiger partial charge on any atom is 0.407 e. The van der Waals surface area contributed by atoms with E-state index in [1.807, 2.05) is 42.5 Å². The fraction of sp³-hybridized carbons (Fsp3) is 0.286. The summed E-state index contributed by atoms with van der Waals surface area (Å²) in [5, 5.41) is 5.35. The van der Waals surface area contributed by atoms with Gasteiger partial charge in [0.2, 0.25) is 0 Å². The molecule has 2 amide bonds. The molecule has 7 nitrogen and oxygen atoms in total. The summed E-state index contributed by atoms with van der Waals surface area (Å²) < 4.78 is 9.66. The molecule has 28 heavy (non-hydrogen) atoms. The summed E-state index contributed by atoms with van der Waals surface area (Å²) in [5.41, 5.74) is 2.41. The maximum atomic E-state index is 12.0.